The van der Waals surface area contributed by atoms with Gasteiger partial charge >= 0.3 is 0 Å². The molecule has 110 valence electrons. The summed E-state index contributed by atoms with van der Waals surface area (Å²) in [5.74, 6) is 6.92. The third-order valence-electron chi connectivity index (χ3n) is 4.46. The Labute approximate surface area is 126 Å². The summed E-state index contributed by atoms with van der Waals surface area (Å²) in [7, 11) is 0. The van der Waals surface area contributed by atoms with Crippen molar-refractivity contribution >= 4 is 0 Å². The zero-order chi connectivity index (χ0) is 14.9. The standard InChI is InChI=1S/C18H22N2O/c1-18(2,14-8-4-3-5-9-14)17(20-19)15-10-6-7-13-11-12-21-16(13)15/h3-10,17,20H,11-12,19H2,1-2H3. The molecule has 0 amide bonds. The van der Waals surface area contributed by atoms with Gasteiger partial charge in [0.25, 0.3) is 0 Å². The van der Waals surface area contributed by atoms with Crippen LogP contribution in [0.2, 0.25) is 0 Å². The minimum atomic E-state index is -0.142. The Hall–Kier alpha value is -1.84. The van der Waals surface area contributed by atoms with Gasteiger partial charge in [-0.3, -0.25) is 11.3 Å². The summed E-state index contributed by atoms with van der Waals surface area (Å²) < 4.78 is 5.85. The highest BCUT2D eigenvalue weighted by Crippen LogP contribution is 2.42. The molecule has 0 saturated heterocycles. The Bertz CT molecular complexity index is 622. The molecule has 0 aromatic heterocycles. The Balaban J connectivity index is 2.05. The molecule has 3 nitrogen and oxygen atoms in total. The molecule has 2 aromatic rings. The quantitative estimate of drug-likeness (QED) is 0.669. The first-order valence-electron chi connectivity index (χ1n) is 7.41. The Morgan fingerprint density at radius 1 is 1.10 bits per heavy atom. The van der Waals surface area contributed by atoms with Crippen LogP contribution in [-0.2, 0) is 11.8 Å². The molecule has 21 heavy (non-hydrogen) atoms. The molecule has 3 N–H and O–H groups in total. The van der Waals surface area contributed by atoms with Gasteiger partial charge in [-0.15, -0.1) is 0 Å². The lowest BCUT2D eigenvalue weighted by Gasteiger charge is -2.35. The van der Waals surface area contributed by atoms with E-state index in [-0.39, 0.29) is 11.5 Å². The van der Waals surface area contributed by atoms with Gasteiger partial charge in [0.2, 0.25) is 0 Å². The number of hydrogen-bond donors (Lipinski definition) is 2. The smallest absolute Gasteiger partial charge is 0.127 e. The van der Waals surface area contributed by atoms with E-state index in [1.807, 2.05) is 6.07 Å². The average Bonchev–Trinajstić information content (AvgIpc) is 2.98. The van der Waals surface area contributed by atoms with Gasteiger partial charge in [0, 0.05) is 17.4 Å². The van der Waals surface area contributed by atoms with E-state index < -0.39 is 0 Å². The van der Waals surface area contributed by atoms with E-state index >= 15 is 0 Å². The third-order valence-corrected chi connectivity index (χ3v) is 4.46. The summed E-state index contributed by atoms with van der Waals surface area (Å²) in [5.41, 5.74) is 6.53. The van der Waals surface area contributed by atoms with E-state index in [4.69, 9.17) is 10.6 Å². The minimum absolute atomic E-state index is 0.00653. The number of fused-ring (bicyclic) bond motifs is 1. The number of benzene rings is 2. The fourth-order valence-corrected chi connectivity index (χ4v) is 3.19. The molecule has 0 saturated carbocycles. The zero-order valence-corrected chi connectivity index (χ0v) is 12.6. The number of ether oxygens (including phenoxy) is 1. The second-order valence-electron chi connectivity index (χ2n) is 6.12. The average molecular weight is 282 g/mol. The summed E-state index contributed by atoms with van der Waals surface area (Å²) in [6.45, 7) is 5.18. The van der Waals surface area contributed by atoms with Crippen molar-refractivity contribution in [1.82, 2.24) is 5.43 Å². The van der Waals surface area contributed by atoms with Gasteiger partial charge < -0.3 is 4.74 Å². The van der Waals surface area contributed by atoms with Crippen LogP contribution in [0.1, 0.15) is 36.6 Å². The number of hydrogen-bond acceptors (Lipinski definition) is 3. The molecule has 1 unspecified atom stereocenters. The molecule has 0 fully saturated rings. The SMILES string of the molecule is CC(C)(c1ccccc1)C(NN)c1cccc2c1OCC2. The van der Waals surface area contributed by atoms with E-state index in [0.29, 0.717) is 0 Å². The maximum Gasteiger partial charge on any atom is 0.127 e. The van der Waals surface area contributed by atoms with Crippen molar-refractivity contribution in [3.63, 3.8) is 0 Å². The van der Waals surface area contributed by atoms with E-state index in [1.54, 1.807) is 0 Å². The van der Waals surface area contributed by atoms with Crippen molar-refractivity contribution in [2.75, 3.05) is 6.61 Å². The highest BCUT2D eigenvalue weighted by Gasteiger charge is 2.34. The summed E-state index contributed by atoms with van der Waals surface area (Å²) in [6, 6.07) is 16.8. The van der Waals surface area contributed by atoms with Crippen molar-refractivity contribution in [2.24, 2.45) is 5.84 Å². The number of hydrazine groups is 1. The highest BCUT2D eigenvalue weighted by molar-refractivity contribution is 5.47. The predicted octanol–water partition coefficient (Wildman–Crippen LogP) is 3.10. The molecule has 2 aromatic carbocycles. The van der Waals surface area contributed by atoms with Gasteiger partial charge in [0.05, 0.1) is 12.6 Å². The van der Waals surface area contributed by atoms with Crippen LogP contribution >= 0.6 is 0 Å². The number of nitrogens with two attached hydrogens (primary N) is 1. The molecule has 1 heterocycles. The van der Waals surface area contributed by atoms with Gasteiger partial charge in [0.15, 0.2) is 0 Å². The lowest BCUT2D eigenvalue weighted by atomic mass is 9.74. The van der Waals surface area contributed by atoms with Crippen LogP contribution in [0.25, 0.3) is 0 Å². The Morgan fingerprint density at radius 2 is 1.86 bits per heavy atom. The van der Waals surface area contributed by atoms with E-state index in [2.05, 4.69) is 61.7 Å². The van der Waals surface area contributed by atoms with Crippen LogP contribution < -0.4 is 16.0 Å². The molecule has 0 aliphatic carbocycles. The Kier molecular flexibility index (Phi) is 3.70. The zero-order valence-electron chi connectivity index (χ0n) is 12.6. The van der Waals surface area contributed by atoms with Gasteiger partial charge in [-0.25, -0.2) is 0 Å². The van der Waals surface area contributed by atoms with E-state index in [0.717, 1.165) is 24.3 Å². The second kappa shape index (κ2) is 5.51. The largest absolute Gasteiger partial charge is 0.493 e. The molecule has 1 aliphatic heterocycles. The number of para-hydroxylation sites is 1. The summed E-state index contributed by atoms with van der Waals surface area (Å²) in [6.07, 6.45) is 0.978. The van der Waals surface area contributed by atoms with Gasteiger partial charge in [-0.05, 0) is 11.1 Å². The van der Waals surface area contributed by atoms with Crippen molar-refractivity contribution in [3.8, 4) is 5.75 Å². The van der Waals surface area contributed by atoms with Crippen LogP contribution in [-0.4, -0.2) is 6.61 Å². The third kappa shape index (κ3) is 2.43. The maximum absolute atomic E-state index is 5.92. The maximum atomic E-state index is 5.92. The normalized spacial score (nSPS) is 15.4. The molecular formula is C18H22N2O. The van der Waals surface area contributed by atoms with Gasteiger partial charge in [0.1, 0.15) is 5.75 Å². The fraction of sp³-hybridized carbons (Fsp3) is 0.333. The molecule has 1 aliphatic rings. The van der Waals surface area contributed by atoms with Gasteiger partial charge in [-0.2, -0.15) is 0 Å². The monoisotopic (exact) mass is 282 g/mol. The summed E-state index contributed by atoms with van der Waals surface area (Å²) >= 11 is 0. The van der Waals surface area contributed by atoms with Crippen LogP contribution in [0.4, 0.5) is 0 Å². The van der Waals surface area contributed by atoms with Crippen molar-refractivity contribution in [1.29, 1.82) is 0 Å². The highest BCUT2D eigenvalue weighted by atomic mass is 16.5. The lowest BCUT2D eigenvalue weighted by Crippen LogP contribution is -2.41. The molecule has 0 bridgehead atoms. The summed E-state index contributed by atoms with van der Waals surface area (Å²) in [4.78, 5) is 0. The fourth-order valence-electron chi connectivity index (χ4n) is 3.19. The first-order valence-corrected chi connectivity index (χ1v) is 7.41. The van der Waals surface area contributed by atoms with E-state index in [9.17, 15) is 0 Å². The van der Waals surface area contributed by atoms with Crippen LogP contribution in [0.15, 0.2) is 48.5 Å². The predicted molar refractivity (Wildman–Crippen MR) is 85.2 cm³/mol. The Morgan fingerprint density at radius 3 is 2.57 bits per heavy atom. The molecule has 3 rings (SSSR count). The molecule has 0 radical (unpaired) electrons. The van der Waals surface area contributed by atoms with Crippen molar-refractivity contribution < 1.29 is 4.74 Å². The molecule has 0 spiro atoms. The minimum Gasteiger partial charge on any atom is -0.493 e. The number of rotatable bonds is 4. The topological polar surface area (TPSA) is 47.3 Å². The number of nitrogens with one attached hydrogen (secondary N) is 1. The molecule has 1 atom stereocenters. The van der Waals surface area contributed by atoms with Crippen LogP contribution in [0.5, 0.6) is 5.75 Å². The summed E-state index contributed by atoms with van der Waals surface area (Å²) in [5, 5.41) is 0. The van der Waals surface area contributed by atoms with Gasteiger partial charge in [-0.1, -0.05) is 62.4 Å². The molecular weight excluding hydrogens is 260 g/mol. The van der Waals surface area contributed by atoms with Crippen LogP contribution in [0.3, 0.4) is 0 Å². The molecule has 3 heteroatoms. The van der Waals surface area contributed by atoms with Crippen LogP contribution in [0, 0.1) is 0 Å². The van der Waals surface area contributed by atoms with Crippen molar-refractivity contribution in [3.05, 3.63) is 65.2 Å². The lowest BCUT2D eigenvalue weighted by molar-refractivity contribution is 0.319. The first-order chi connectivity index (χ1) is 10.1. The van der Waals surface area contributed by atoms with Crippen molar-refractivity contribution in [2.45, 2.75) is 31.7 Å². The second-order valence-corrected chi connectivity index (χ2v) is 6.12. The van der Waals surface area contributed by atoms with E-state index in [1.165, 1.54) is 11.1 Å². The first kappa shape index (κ1) is 14.1.